The molecule has 0 saturated carbocycles. The first-order chi connectivity index (χ1) is 8.30. The molecule has 0 aliphatic carbocycles. The van der Waals surface area contributed by atoms with Crippen molar-refractivity contribution in [1.29, 1.82) is 0 Å². The van der Waals surface area contributed by atoms with Gasteiger partial charge in [0.25, 0.3) is 0 Å². The highest BCUT2D eigenvalue weighted by Gasteiger charge is 2.18. The Hall–Kier alpha value is -0.610. The van der Waals surface area contributed by atoms with Crippen molar-refractivity contribution < 1.29 is 14.3 Å². The fraction of sp³-hybridized carbons (Fsp3) is 0.929. The van der Waals surface area contributed by atoms with Gasteiger partial charge in [-0.3, -0.25) is 4.79 Å². The fourth-order valence-corrected chi connectivity index (χ4v) is 1.74. The van der Waals surface area contributed by atoms with Gasteiger partial charge in [0.15, 0.2) is 0 Å². The maximum atomic E-state index is 11.6. The number of ether oxygens (including phenoxy) is 2. The lowest BCUT2D eigenvalue weighted by molar-refractivity contribution is -0.146. The third kappa shape index (κ3) is 8.48. The molecule has 0 spiro atoms. The molecule has 4 heteroatoms. The summed E-state index contributed by atoms with van der Waals surface area (Å²) in [6.07, 6.45) is 2.09. The molecule has 0 aromatic heterocycles. The maximum absolute atomic E-state index is 11.6. The minimum Gasteiger partial charge on any atom is -0.466 e. The molecule has 0 radical (unpaired) electrons. The van der Waals surface area contributed by atoms with Crippen LogP contribution < -0.4 is 5.73 Å². The minimum absolute atomic E-state index is 0.155. The Bertz CT molecular complexity index is 239. The molecule has 0 aromatic rings. The van der Waals surface area contributed by atoms with Gasteiger partial charge in [-0.15, -0.1) is 0 Å². The number of carbonyl (C=O) groups excluding carboxylic acids is 1. The molecule has 4 nitrogen and oxygen atoms in total. The molecule has 0 unspecified atom stereocenters. The number of nitrogens with two attached hydrogens (primary N) is 1. The summed E-state index contributed by atoms with van der Waals surface area (Å²) in [5.41, 5.74) is 5.42. The lowest BCUT2D eigenvalue weighted by atomic mass is 9.94. The van der Waals surface area contributed by atoms with Gasteiger partial charge in [-0.25, -0.2) is 0 Å². The number of hydrogen-bond acceptors (Lipinski definition) is 4. The van der Waals surface area contributed by atoms with Crippen LogP contribution in [0, 0.1) is 11.8 Å². The second-order valence-corrected chi connectivity index (χ2v) is 5.87. The van der Waals surface area contributed by atoms with Crippen LogP contribution in [0.1, 0.15) is 47.0 Å². The Morgan fingerprint density at radius 2 is 1.94 bits per heavy atom. The van der Waals surface area contributed by atoms with Crippen molar-refractivity contribution in [3.63, 3.8) is 0 Å². The van der Waals surface area contributed by atoms with E-state index in [1.165, 1.54) is 0 Å². The van der Waals surface area contributed by atoms with E-state index in [4.69, 9.17) is 15.2 Å². The van der Waals surface area contributed by atoms with E-state index in [1.807, 2.05) is 13.8 Å². The summed E-state index contributed by atoms with van der Waals surface area (Å²) in [4.78, 5) is 11.6. The number of carbonyl (C=O) groups is 1. The van der Waals surface area contributed by atoms with Crippen molar-refractivity contribution >= 4 is 5.97 Å². The molecule has 0 aliphatic rings. The standard InChI is InChI=1S/C14H29NO3/c1-11(2)8-12(10-15)9-13(16)18-7-6-14(3,4)17-5/h11-12H,6-10,15H2,1-5H3/t12-/m0/s1. The third-order valence-corrected chi connectivity index (χ3v) is 3.11. The van der Waals surface area contributed by atoms with Crippen LogP contribution in [0.2, 0.25) is 0 Å². The van der Waals surface area contributed by atoms with Crippen molar-refractivity contribution in [2.24, 2.45) is 17.6 Å². The molecule has 0 amide bonds. The van der Waals surface area contributed by atoms with Crippen LogP contribution in [0.4, 0.5) is 0 Å². The normalized spacial score (nSPS) is 13.7. The van der Waals surface area contributed by atoms with E-state index in [-0.39, 0.29) is 17.5 Å². The van der Waals surface area contributed by atoms with Crippen LogP contribution in [0.25, 0.3) is 0 Å². The zero-order valence-corrected chi connectivity index (χ0v) is 12.5. The van der Waals surface area contributed by atoms with Gasteiger partial charge in [0, 0.05) is 20.0 Å². The van der Waals surface area contributed by atoms with Crippen molar-refractivity contribution in [3.05, 3.63) is 0 Å². The van der Waals surface area contributed by atoms with Crippen LogP contribution in [0.15, 0.2) is 0 Å². The highest BCUT2D eigenvalue weighted by atomic mass is 16.5. The molecule has 18 heavy (non-hydrogen) atoms. The van der Waals surface area contributed by atoms with Gasteiger partial charge in [0.2, 0.25) is 0 Å². The molecular formula is C14H29NO3. The highest BCUT2D eigenvalue weighted by molar-refractivity contribution is 5.69. The molecule has 108 valence electrons. The van der Waals surface area contributed by atoms with Gasteiger partial charge in [-0.1, -0.05) is 13.8 Å². The first-order valence-electron chi connectivity index (χ1n) is 6.71. The number of rotatable bonds is 9. The van der Waals surface area contributed by atoms with Gasteiger partial charge in [-0.05, 0) is 38.6 Å². The number of esters is 1. The second-order valence-electron chi connectivity index (χ2n) is 5.87. The molecule has 0 bridgehead atoms. The van der Waals surface area contributed by atoms with Gasteiger partial charge in [-0.2, -0.15) is 0 Å². The van der Waals surface area contributed by atoms with E-state index in [0.717, 1.165) is 6.42 Å². The molecule has 0 heterocycles. The topological polar surface area (TPSA) is 61.5 Å². The average molecular weight is 259 g/mol. The van der Waals surface area contributed by atoms with Crippen LogP contribution in [0.3, 0.4) is 0 Å². The van der Waals surface area contributed by atoms with E-state index in [2.05, 4.69) is 13.8 Å². The van der Waals surface area contributed by atoms with Crippen molar-refractivity contribution in [3.8, 4) is 0 Å². The summed E-state index contributed by atoms with van der Waals surface area (Å²) >= 11 is 0. The molecule has 0 saturated heterocycles. The number of methoxy groups -OCH3 is 1. The summed E-state index contributed by atoms with van der Waals surface area (Å²) < 4.78 is 10.5. The second kappa shape index (κ2) is 8.48. The Morgan fingerprint density at radius 1 is 1.33 bits per heavy atom. The first kappa shape index (κ1) is 17.4. The zero-order chi connectivity index (χ0) is 14.2. The van der Waals surface area contributed by atoms with Gasteiger partial charge in [0.1, 0.15) is 0 Å². The van der Waals surface area contributed by atoms with Crippen molar-refractivity contribution in [2.75, 3.05) is 20.3 Å². The summed E-state index contributed by atoms with van der Waals surface area (Å²) in [5.74, 6) is 0.629. The van der Waals surface area contributed by atoms with Crippen molar-refractivity contribution in [1.82, 2.24) is 0 Å². The summed E-state index contributed by atoms with van der Waals surface area (Å²) in [6.45, 7) is 9.16. The van der Waals surface area contributed by atoms with Crippen LogP contribution >= 0.6 is 0 Å². The van der Waals surface area contributed by atoms with Crippen LogP contribution in [0.5, 0.6) is 0 Å². The smallest absolute Gasteiger partial charge is 0.306 e. The fourth-order valence-electron chi connectivity index (χ4n) is 1.74. The lowest BCUT2D eigenvalue weighted by Crippen LogP contribution is -2.26. The van der Waals surface area contributed by atoms with Gasteiger partial charge in [0.05, 0.1) is 12.2 Å². The highest BCUT2D eigenvalue weighted by Crippen LogP contribution is 2.16. The predicted octanol–water partition coefficient (Wildman–Crippen LogP) is 2.36. The van der Waals surface area contributed by atoms with E-state index in [1.54, 1.807) is 7.11 Å². The maximum Gasteiger partial charge on any atom is 0.306 e. The first-order valence-corrected chi connectivity index (χ1v) is 6.71. The molecule has 0 rings (SSSR count). The summed E-state index contributed by atoms with van der Waals surface area (Å²) in [5, 5.41) is 0. The Morgan fingerprint density at radius 3 is 2.39 bits per heavy atom. The van der Waals surface area contributed by atoms with E-state index in [0.29, 0.717) is 31.9 Å². The summed E-state index contributed by atoms with van der Waals surface area (Å²) in [6, 6.07) is 0. The lowest BCUT2D eigenvalue weighted by Gasteiger charge is -2.22. The average Bonchev–Trinajstić information content (AvgIpc) is 2.27. The van der Waals surface area contributed by atoms with Gasteiger partial charge >= 0.3 is 5.97 Å². The Labute approximate surface area is 111 Å². The summed E-state index contributed by atoms with van der Waals surface area (Å²) in [7, 11) is 1.66. The molecule has 0 aliphatic heterocycles. The quantitative estimate of drug-likeness (QED) is 0.646. The molecule has 0 aromatic carbocycles. The molecule has 1 atom stereocenters. The van der Waals surface area contributed by atoms with Crippen molar-refractivity contribution in [2.45, 2.75) is 52.6 Å². The van der Waals surface area contributed by atoms with Crippen LogP contribution in [-0.2, 0) is 14.3 Å². The zero-order valence-electron chi connectivity index (χ0n) is 12.5. The molecule has 0 fully saturated rings. The molecule has 2 N–H and O–H groups in total. The third-order valence-electron chi connectivity index (χ3n) is 3.11. The van der Waals surface area contributed by atoms with E-state index >= 15 is 0 Å². The number of hydrogen-bond donors (Lipinski definition) is 1. The predicted molar refractivity (Wildman–Crippen MR) is 73.3 cm³/mol. The van der Waals surface area contributed by atoms with Gasteiger partial charge < -0.3 is 15.2 Å². The monoisotopic (exact) mass is 259 g/mol. The minimum atomic E-state index is -0.245. The van der Waals surface area contributed by atoms with E-state index < -0.39 is 0 Å². The Kier molecular flexibility index (Phi) is 8.20. The van der Waals surface area contributed by atoms with E-state index in [9.17, 15) is 4.79 Å². The Balaban J connectivity index is 3.89. The molecular weight excluding hydrogens is 230 g/mol. The largest absolute Gasteiger partial charge is 0.466 e. The SMILES string of the molecule is COC(C)(C)CCOC(=O)C[C@@H](CN)CC(C)C. The van der Waals surface area contributed by atoms with Crippen LogP contribution in [-0.4, -0.2) is 31.8 Å².